The summed E-state index contributed by atoms with van der Waals surface area (Å²) in [6, 6.07) is 22.8. The van der Waals surface area contributed by atoms with Gasteiger partial charge in [0.25, 0.3) is 5.91 Å². The van der Waals surface area contributed by atoms with Crippen LogP contribution in [0, 0.1) is 6.92 Å². The third-order valence-corrected chi connectivity index (χ3v) is 6.34. The first-order chi connectivity index (χ1) is 15.6. The zero-order valence-electron chi connectivity index (χ0n) is 18.2. The molecule has 162 valence electrons. The molecular weight excluding hydrogens is 400 g/mol. The number of methoxy groups -OCH3 is 1. The lowest BCUT2D eigenvalue weighted by molar-refractivity contribution is -0.119. The minimum atomic E-state index is -0.506. The average Bonchev–Trinajstić information content (AvgIpc) is 3.64. The van der Waals surface area contributed by atoms with Crippen LogP contribution < -0.4 is 10.1 Å². The van der Waals surface area contributed by atoms with Gasteiger partial charge >= 0.3 is 0 Å². The predicted octanol–water partition coefficient (Wildman–Crippen LogP) is 5.09. The molecule has 0 aromatic heterocycles. The number of hydrogen-bond donors (Lipinski definition) is 1. The van der Waals surface area contributed by atoms with E-state index in [-0.39, 0.29) is 23.9 Å². The smallest absolute Gasteiger partial charge is 0.254 e. The number of amides is 2. The van der Waals surface area contributed by atoms with Gasteiger partial charge in [-0.2, -0.15) is 0 Å². The van der Waals surface area contributed by atoms with E-state index in [2.05, 4.69) is 11.4 Å². The van der Waals surface area contributed by atoms with E-state index in [1.807, 2.05) is 78.6 Å². The maximum atomic E-state index is 13.8. The molecule has 32 heavy (non-hydrogen) atoms. The number of hydrogen-bond acceptors (Lipinski definition) is 3. The molecular formula is C27H26N2O3. The number of ether oxygens (including phenoxy) is 1. The van der Waals surface area contributed by atoms with Crippen molar-refractivity contribution in [3.8, 4) is 5.75 Å². The van der Waals surface area contributed by atoms with Gasteiger partial charge in [-0.05, 0) is 61.2 Å². The fourth-order valence-electron chi connectivity index (χ4n) is 4.69. The number of fused-ring (bicyclic) bond motifs is 1. The minimum absolute atomic E-state index is 0.0168. The molecule has 1 aliphatic carbocycles. The SMILES string of the molecule is COc1ccc(NC(=O)[C@H]2c3ccccc3C(=O)N(C3CC3)[C@@H]2c2cccc(C)c2)cc1. The molecule has 0 bridgehead atoms. The molecule has 0 spiro atoms. The van der Waals surface area contributed by atoms with Crippen LogP contribution >= 0.6 is 0 Å². The normalized spacial score (nSPS) is 19.9. The van der Waals surface area contributed by atoms with Crippen molar-refractivity contribution in [2.45, 2.75) is 37.8 Å². The Balaban J connectivity index is 1.60. The first-order valence-electron chi connectivity index (χ1n) is 11.0. The second kappa shape index (κ2) is 8.15. The predicted molar refractivity (Wildman–Crippen MR) is 124 cm³/mol. The van der Waals surface area contributed by atoms with E-state index in [9.17, 15) is 9.59 Å². The lowest BCUT2D eigenvalue weighted by Gasteiger charge is -2.42. The van der Waals surface area contributed by atoms with Gasteiger partial charge in [0.1, 0.15) is 5.75 Å². The molecule has 5 rings (SSSR count). The summed E-state index contributed by atoms with van der Waals surface area (Å²) >= 11 is 0. The van der Waals surface area contributed by atoms with Crippen LogP contribution in [0.3, 0.4) is 0 Å². The Morgan fingerprint density at radius 1 is 1.00 bits per heavy atom. The summed E-state index contributed by atoms with van der Waals surface area (Å²) in [6.07, 6.45) is 1.95. The Hall–Kier alpha value is -3.60. The van der Waals surface area contributed by atoms with Crippen LogP contribution in [-0.4, -0.2) is 29.9 Å². The molecule has 1 heterocycles. The second-order valence-corrected chi connectivity index (χ2v) is 8.59. The van der Waals surface area contributed by atoms with E-state index in [4.69, 9.17) is 4.74 Å². The molecule has 1 aliphatic heterocycles. The van der Waals surface area contributed by atoms with Crippen molar-refractivity contribution in [1.29, 1.82) is 0 Å². The van der Waals surface area contributed by atoms with Gasteiger partial charge in [0.15, 0.2) is 0 Å². The van der Waals surface area contributed by atoms with Gasteiger partial charge in [0.2, 0.25) is 5.91 Å². The van der Waals surface area contributed by atoms with Gasteiger partial charge in [-0.15, -0.1) is 0 Å². The molecule has 2 aliphatic rings. The van der Waals surface area contributed by atoms with E-state index < -0.39 is 5.92 Å². The number of nitrogens with one attached hydrogen (secondary N) is 1. The van der Waals surface area contributed by atoms with Gasteiger partial charge < -0.3 is 15.0 Å². The quantitative estimate of drug-likeness (QED) is 0.619. The number of carbonyl (C=O) groups is 2. The molecule has 0 radical (unpaired) electrons. The van der Waals surface area contributed by atoms with Gasteiger partial charge in [0, 0.05) is 17.3 Å². The largest absolute Gasteiger partial charge is 0.497 e. The monoisotopic (exact) mass is 426 g/mol. The fraction of sp³-hybridized carbons (Fsp3) is 0.259. The average molecular weight is 427 g/mol. The molecule has 5 nitrogen and oxygen atoms in total. The lowest BCUT2D eigenvalue weighted by atomic mass is 9.78. The molecule has 5 heteroatoms. The van der Waals surface area contributed by atoms with Crippen molar-refractivity contribution in [3.63, 3.8) is 0 Å². The molecule has 0 saturated heterocycles. The maximum Gasteiger partial charge on any atom is 0.254 e. The Morgan fingerprint density at radius 3 is 2.44 bits per heavy atom. The number of nitrogens with zero attached hydrogens (tertiary/aromatic N) is 1. The van der Waals surface area contributed by atoms with E-state index >= 15 is 0 Å². The lowest BCUT2D eigenvalue weighted by Crippen LogP contribution is -2.47. The van der Waals surface area contributed by atoms with Gasteiger partial charge in [-0.3, -0.25) is 9.59 Å². The zero-order chi connectivity index (χ0) is 22.2. The van der Waals surface area contributed by atoms with Crippen LogP contribution in [0.5, 0.6) is 5.75 Å². The molecule has 2 atom stereocenters. The van der Waals surface area contributed by atoms with Crippen molar-refractivity contribution >= 4 is 17.5 Å². The molecule has 3 aromatic rings. The highest BCUT2D eigenvalue weighted by molar-refractivity contribution is 6.04. The highest BCUT2D eigenvalue weighted by Crippen LogP contribution is 2.48. The highest BCUT2D eigenvalue weighted by atomic mass is 16.5. The molecule has 1 saturated carbocycles. The summed E-state index contributed by atoms with van der Waals surface area (Å²) in [5.41, 5.74) is 4.21. The molecule has 1 N–H and O–H groups in total. The van der Waals surface area contributed by atoms with E-state index in [1.54, 1.807) is 7.11 Å². The van der Waals surface area contributed by atoms with Crippen LogP contribution in [0.4, 0.5) is 5.69 Å². The summed E-state index contributed by atoms with van der Waals surface area (Å²) in [5, 5.41) is 3.08. The fourth-order valence-corrected chi connectivity index (χ4v) is 4.69. The molecule has 1 fully saturated rings. The molecule has 2 amide bonds. The second-order valence-electron chi connectivity index (χ2n) is 8.59. The summed E-state index contributed by atoms with van der Waals surface area (Å²) < 4.78 is 5.23. The van der Waals surface area contributed by atoms with Crippen LogP contribution in [-0.2, 0) is 4.79 Å². The summed E-state index contributed by atoms with van der Waals surface area (Å²) in [7, 11) is 1.61. The topological polar surface area (TPSA) is 58.6 Å². The number of benzene rings is 3. The van der Waals surface area contributed by atoms with Crippen molar-refractivity contribution in [1.82, 2.24) is 4.90 Å². The van der Waals surface area contributed by atoms with Crippen LogP contribution in [0.15, 0.2) is 72.8 Å². The third kappa shape index (κ3) is 3.64. The number of anilines is 1. The first-order valence-corrected chi connectivity index (χ1v) is 11.0. The van der Waals surface area contributed by atoms with Crippen molar-refractivity contribution < 1.29 is 14.3 Å². The standard InChI is InChI=1S/C27H26N2O3/c1-17-6-5-7-18(16-17)25-24(26(30)28-19-10-14-21(32-2)15-11-19)22-8-3-4-9-23(22)27(31)29(25)20-12-13-20/h3-11,14-16,20,24-25H,12-13H2,1-2H3,(H,28,30)/t24-,25+/m0/s1. The van der Waals surface area contributed by atoms with Crippen molar-refractivity contribution in [2.24, 2.45) is 0 Å². The Bertz CT molecular complexity index is 1170. The Morgan fingerprint density at radius 2 is 1.75 bits per heavy atom. The maximum absolute atomic E-state index is 13.8. The number of carbonyl (C=O) groups excluding carboxylic acids is 2. The summed E-state index contributed by atoms with van der Waals surface area (Å²) in [5.74, 6) is 0.123. The van der Waals surface area contributed by atoms with Gasteiger partial charge in [-0.25, -0.2) is 0 Å². The third-order valence-electron chi connectivity index (χ3n) is 6.34. The number of aryl methyl sites for hydroxylation is 1. The Labute approximate surface area is 188 Å². The molecule has 0 unspecified atom stereocenters. The van der Waals surface area contributed by atoms with E-state index in [0.717, 1.165) is 35.3 Å². The van der Waals surface area contributed by atoms with Crippen LogP contribution in [0.1, 0.15) is 51.8 Å². The summed E-state index contributed by atoms with van der Waals surface area (Å²) in [4.78, 5) is 29.3. The van der Waals surface area contributed by atoms with Crippen LogP contribution in [0.2, 0.25) is 0 Å². The van der Waals surface area contributed by atoms with Crippen molar-refractivity contribution in [2.75, 3.05) is 12.4 Å². The first kappa shape index (κ1) is 20.3. The number of rotatable bonds is 5. The Kier molecular flexibility index (Phi) is 5.17. The molecule has 3 aromatic carbocycles. The van der Waals surface area contributed by atoms with Crippen molar-refractivity contribution in [3.05, 3.63) is 95.1 Å². The highest BCUT2D eigenvalue weighted by Gasteiger charge is 2.49. The van der Waals surface area contributed by atoms with Gasteiger partial charge in [-0.1, -0.05) is 48.0 Å². The minimum Gasteiger partial charge on any atom is -0.497 e. The van der Waals surface area contributed by atoms with E-state index in [1.165, 1.54) is 0 Å². The summed E-state index contributed by atoms with van der Waals surface area (Å²) in [6.45, 7) is 2.04. The van der Waals surface area contributed by atoms with Gasteiger partial charge in [0.05, 0.1) is 19.1 Å². The van der Waals surface area contributed by atoms with E-state index in [0.29, 0.717) is 11.3 Å². The van der Waals surface area contributed by atoms with Crippen LogP contribution in [0.25, 0.3) is 0 Å². The zero-order valence-corrected chi connectivity index (χ0v) is 18.2.